The Bertz CT molecular complexity index is 1020. The van der Waals surface area contributed by atoms with Gasteiger partial charge >= 0.3 is 5.97 Å². The zero-order valence-electron chi connectivity index (χ0n) is 18.1. The molecule has 3 aliphatic rings. The molecule has 0 spiro atoms. The fourth-order valence-electron chi connectivity index (χ4n) is 5.77. The monoisotopic (exact) mass is 536 g/mol. The van der Waals surface area contributed by atoms with Crippen molar-refractivity contribution in [2.24, 2.45) is 5.92 Å². The van der Waals surface area contributed by atoms with Gasteiger partial charge in [0.05, 0.1) is 45.0 Å². The molecule has 1 aromatic heterocycles. The van der Waals surface area contributed by atoms with Crippen molar-refractivity contribution < 1.29 is 42.7 Å². The number of fused-ring (bicyclic) bond motifs is 2. The molecule has 2 saturated heterocycles. The molecular formula is C23H29IN4O3. The van der Waals surface area contributed by atoms with E-state index in [0.717, 1.165) is 50.2 Å². The SMILES string of the molecule is COC(=O)C1C[C@@H]2c3cccc4[nH]c(C[N+]5(C)CCOCC5)c(c34)C[C@H]2N(C#N)C1.[I-]. The molecular weight excluding hydrogens is 507 g/mol. The summed E-state index contributed by atoms with van der Waals surface area (Å²) >= 11 is 0. The largest absolute Gasteiger partial charge is 1.00 e. The van der Waals surface area contributed by atoms with E-state index >= 15 is 0 Å². The highest BCUT2D eigenvalue weighted by molar-refractivity contribution is 5.90. The molecule has 8 heteroatoms. The maximum Gasteiger partial charge on any atom is 0.310 e. The van der Waals surface area contributed by atoms with Gasteiger partial charge < -0.3 is 47.8 Å². The van der Waals surface area contributed by atoms with Gasteiger partial charge in [-0.05, 0) is 30.0 Å². The van der Waals surface area contributed by atoms with E-state index in [2.05, 4.69) is 36.4 Å². The van der Waals surface area contributed by atoms with E-state index in [0.29, 0.717) is 6.54 Å². The summed E-state index contributed by atoms with van der Waals surface area (Å²) < 4.78 is 11.6. The van der Waals surface area contributed by atoms with Gasteiger partial charge in [0.1, 0.15) is 19.6 Å². The summed E-state index contributed by atoms with van der Waals surface area (Å²) in [5, 5.41) is 11.2. The highest BCUT2D eigenvalue weighted by Crippen LogP contribution is 2.46. The lowest BCUT2D eigenvalue weighted by molar-refractivity contribution is -0.929. The number of aromatic amines is 1. The predicted molar refractivity (Wildman–Crippen MR) is 111 cm³/mol. The van der Waals surface area contributed by atoms with Crippen LogP contribution in [0.3, 0.4) is 0 Å². The standard InChI is InChI=1S/C23H29N4O3.HI/c1-27(6-8-30-9-7-27)13-20-18-11-21-17(16-4-3-5-19(25-20)22(16)18)10-15(23(28)29-2)12-26(21)14-24;/h3-5,15,17,21,25H,6-13H2,1-2H3;1H/q+1;/p-1/t15?,17-,21-;/m1./s1. The number of quaternary nitrogens is 1. The molecule has 3 atom stereocenters. The molecule has 2 aromatic rings. The van der Waals surface area contributed by atoms with Gasteiger partial charge in [0.15, 0.2) is 6.19 Å². The van der Waals surface area contributed by atoms with Gasteiger partial charge in [-0.3, -0.25) is 4.79 Å². The zero-order valence-corrected chi connectivity index (χ0v) is 20.2. The van der Waals surface area contributed by atoms with Crippen LogP contribution in [0.15, 0.2) is 18.2 Å². The smallest absolute Gasteiger partial charge is 0.310 e. The number of nitrogens with zero attached hydrogens (tertiary/aromatic N) is 3. The van der Waals surface area contributed by atoms with Crippen LogP contribution < -0.4 is 24.0 Å². The second-order valence-electron chi connectivity index (χ2n) is 9.28. The van der Waals surface area contributed by atoms with E-state index in [9.17, 15) is 10.1 Å². The maximum absolute atomic E-state index is 12.3. The Hall–Kier alpha value is -1.83. The van der Waals surface area contributed by atoms with Crippen molar-refractivity contribution in [3.05, 3.63) is 35.0 Å². The van der Waals surface area contributed by atoms with Crippen molar-refractivity contribution in [3.8, 4) is 6.19 Å². The number of H-pyrrole nitrogens is 1. The number of ether oxygens (including phenoxy) is 2. The molecule has 166 valence electrons. The Morgan fingerprint density at radius 3 is 2.87 bits per heavy atom. The Kier molecular flexibility index (Phi) is 6.21. The normalized spacial score (nSPS) is 26.5. The summed E-state index contributed by atoms with van der Waals surface area (Å²) in [7, 11) is 3.73. The summed E-state index contributed by atoms with van der Waals surface area (Å²) in [4.78, 5) is 17.8. The number of likely N-dealkylation sites (tertiary alicyclic amines) is 1. The van der Waals surface area contributed by atoms with Gasteiger partial charge in [-0.1, -0.05) is 12.1 Å². The lowest BCUT2D eigenvalue weighted by Gasteiger charge is -2.44. The molecule has 7 nitrogen and oxygen atoms in total. The van der Waals surface area contributed by atoms with E-state index < -0.39 is 0 Å². The number of likely N-dealkylation sites (N-methyl/N-ethyl adjacent to an activating group) is 1. The maximum atomic E-state index is 12.3. The number of benzene rings is 1. The van der Waals surface area contributed by atoms with Gasteiger partial charge in [0.2, 0.25) is 0 Å². The summed E-state index contributed by atoms with van der Waals surface area (Å²) in [5.41, 5.74) is 5.07. The molecule has 5 rings (SSSR count). The number of piperidine rings is 1. The highest BCUT2D eigenvalue weighted by Gasteiger charge is 2.44. The Morgan fingerprint density at radius 2 is 2.16 bits per heavy atom. The molecule has 2 fully saturated rings. The van der Waals surface area contributed by atoms with Crippen molar-refractivity contribution in [1.82, 2.24) is 9.88 Å². The lowest BCUT2D eigenvalue weighted by atomic mass is 9.72. The number of morpholine rings is 1. The number of carbonyl (C=O) groups excluding carboxylic acids is 1. The quantitative estimate of drug-likeness (QED) is 0.239. The summed E-state index contributed by atoms with van der Waals surface area (Å²) in [6.45, 7) is 5.03. The van der Waals surface area contributed by atoms with Crippen LogP contribution in [0.25, 0.3) is 10.9 Å². The van der Waals surface area contributed by atoms with Crippen LogP contribution in [0.1, 0.15) is 29.2 Å². The molecule has 0 bridgehead atoms. The number of methoxy groups -OCH3 is 1. The summed E-state index contributed by atoms with van der Waals surface area (Å²) in [6.07, 6.45) is 3.95. The summed E-state index contributed by atoms with van der Waals surface area (Å²) in [6, 6.07) is 6.51. The third-order valence-corrected chi connectivity index (χ3v) is 7.44. The highest BCUT2D eigenvalue weighted by atomic mass is 127. The summed E-state index contributed by atoms with van der Waals surface area (Å²) in [5.74, 6) is -0.314. The Labute approximate surface area is 199 Å². The van der Waals surface area contributed by atoms with E-state index in [1.165, 1.54) is 34.8 Å². The molecule has 1 aliphatic carbocycles. The fourth-order valence-corrected chi connectivity index (χ4v) is 5.77. The number of halogens is 1. The molecule has 0 amide bonds. The van der Waals surface area contributed by atoms with Gasteiger partial charge in [-0.2, -0.15) is 5.26 Å². The van der Waals surface area contributed by atoms with Crippen LogP contribution in [-0.4, -0.2) is 73.4 Å². The first-order valence-corrected chi connectivity index (χ1v) is 10.8. The van der Waals surface area contributed by atoms with Gasteiger partial charge in [0.25, 0.3) is 0 Å². The van der Waals surface area contributed by atoms with Crippen molar-refractivity contribution in [2.75, 3.05) is 47.0 Å². The number of nitrogens with one attached hydrogen (secondary N) is 1. The first-order valence-electron chi connectivity index (χ1n) is 10.8. The van der Waals surface area contributed by atoms with Crippen molar-refractivity contribution in [3.63, 3.8) is 0 Å². The molecule has 1 N–H and O–H groups in total. The number of esters is 1. The van der Waals surface area contributed by atoms with Crippen LogP contribution in [0.2, 0.25) is 0 Å². The lowest BCUT2D eigenvalue weighted by Crippen LogP contribution is -3.00. The van der Waals surface area contributed by atoms with Gasteiger partial charge in [0, 0.05) is 23.4 Å². The third kappa shape index (κ3) is 3.81. The fraction of sp³-hybridized carbons (Fsp3) is 0.565. The van der Waals surface area contributed by atoms with Crippen molar-refractivity contribution in [2.45, 2.75) is 31.3 Å². The zero-order chi connectivity index (χ0) is 20.9. The van der Waals surface area contributed by atoms with Crippen molar-refractivity contribution in [1.29, 1.82) is 5.26 Å². The molecule has 31 heavy (non-hydrogen) atoms. The second kappa shape index (κ2) is 8.60. The third-order valence-electron chi connectivity index (χ3n) is 7.44. The van der Waals surface area contributed by atoms with Crippen LogP contribution in [-0.2, 0) is 27.2 Å². The number of nitriles is 1. The number of rotatable bonds is 3. The average Bonchev–Trinajstić information content (AvgIpc) is 3.10. The van der Waals surface area contributed by atoms with E-state index in [1.54, 1.807) is 0 Å². The minimum atomic E-state index is -0.260. The first-order chi connectivity index (χ1) is 14.5. The van der Waals surface area contributed by atoms with Crippen LogP contribution in [0.4, 0.5) is 0 Å². The molecule has 1 unspecified atom stereocenters. The molecule has 0 saturated carbocycles. The van der Waals surface area contributed by atoms with E-state index in [1.807, 2.05) is 4.90 Å². The first kappa shape index (κ1) is 22.4. The van der Waals surface area contributed by atoms with Crippen LogP contribution in [0, 0.1) is 17.4 Å². The van der Waals surface area contributed by atoms with Crippen LogP contribution >= 0.6 is 0 Å². The van der Waals surface area contributed by atoms with Gasteiger partial charge in [-0.25, -0.2) is 0 Å². The predicted octanol–water partition coefficient (Wildman–Crippen LogP) is -0.867. The van der Waals surface area contributed by atoms with Crippen LogP contribution in [0.5, 0.6) is 0 Å². The number of hydrogen-bond acceptors (Lipinski definition) is 5. The topological polar surface area (TPSA) is 78.4 Å². The Balaban J connectivity index is 0.00000231. The number of aromatic nitrogens is 1. The second-order valence-corrected chi connectivity index (χ2v) is 9.28. The van der Waals surface area contributed by atoms with E-state index in [4.69, 9.17) is 9.47 Å². The number of hydrogen-bond donors (Lipinski definition) is 1. The Morgan fingerprint density at radius 1 is 1.39 bits per heavy atom. The average molecular weight is 536 g/mol. The minimum Gasteiger partial charge on any atom is -1.00 e. The number of carbonyl (C=O) groups is 1. The molecule has 3 heterocycles. The molecule has 0 radical (unpaired) electrons. The minimum absolute atomic E-state index is 0. The van der Waals surface area contributed by atoms with Crippen molar-refractivity contribution >= 4 is 16.9 Å². The molecule has 1 aromatic carbocycles. The molecule has 2 aliphatic heterocycles. The van der Waals surface area contributed by atoms with Gasteiger partial charge in [-0.15, -0.1) is 0 Å². The van der Waals surface area contributed by atoms with E-state index in [-0.39, 0.29) is 47.8 Å².